The van der Waals surface area contributed by atoms with E-state index < -0.39 is 0 Å². The molecule has 2 aliphatic rings. The van der Waals surface area contributed by atoms with E-state index in [4.69, 9.17) is 0 Å². The number of fused-ring (bicyclic) bond motifs is 1. The second-order valence-corrected chi connectivity index (χ2v) is 7.38. The third-order valence-electron chi connectivity index (χ3n) is 5.54. The molecule has 0 N–H and O–H groups in total. The molecule has 0 spiro atoms. The number of benzene rings is 2. The molecule has 0 bridgehead atoms. The molecule has 2 aromatic carbocycles. The van der Waals surface area contributed by atoms with Crippen LogP contribution in [0.4, 0.5) is 0 Å². The van der Waals surface area contributed by atoms with E-state index >= 15 is 0 Å². The molecule has 2 aliphatic heterocycles. The van der Waals surface area contributed by atoms with Crippen LogP contribution in [0.2, 0.25) is 0 Å². The summed E-state index contributed by atoms with van der Waals surface area (Å²) in [6, 6.07) is 18.5. The highest BCUT2D eigenvalue weighted by Gasteiger charge is 2.28. The Morgan fingerprint density at radius 2 is 1.72 bits per heavy atom. The predicted octanol–water partition coefficient (Wildman–Crippen LogP) is 3.60. The van der Waals surface area contributed by atoms with Gasteiger partial charge in [-0.25, -0.2) is 0 Å². The Kier molecular flexibility index (Phi) is 4.84. The molecule has 1 saturated heterocycles. The summed E-state index contributed by atoms with van der Waals surface area (Å²) in [4.78, 5) is 17.2. The van der Waals surface area contributed by atoms with Gasteiger partial charge in [0.2, 0.25) is 0 Å². The topological polar surface area (TPSA) is 23.6 Å². The molecule has 130 valence electrons. The lowest BCUT2D eigenvalue weighted by Crippen LogP contribution is -2.33. The van der Waals surface area contributed by atoms with Crippen LogP contribution in [0.5, 0.6) is 0 Å². The standard InChI is InChI=1S/C22H26N2O/c25-22(20-8-2-1-3-9-20)24-14-12-18(16-24)15-23-13-6-11-19-7-4-5-10-21(19)17-23/h1-5,7-10,18H,6,11-17H2. The first-order valence-corrected chi connectivity index (χ1v) is 9.43. The number of hydrogen-bond donors (Lipinski definition) is 0. The fourth-order valence-corrected chi connectivity index (χ4v) is 4.22. The van der Waals surface area contributed by atoms with Gasteiger partial charge in [-0.2, -0.15) is 0 Å². The van der Waals surface area contributed by atoms with Gasteiger partial charge in [-0.1, -0.05) is 42.5 Å². The SMILES string of the molecule is O=C(c1ccccc1)N1CCC(CN2CCCc3ccccc3C2)C1. The molecule has 3 heteroatoms. The molecule has 3 nitrogen and oxygen atoms in total. The molecule has 1 atom stereocenters. The predicted molar refractivity (Wildman–Crippen MR) is 100 cm³/mol. The van der Waals surface area contributed by atoms with Gasteiger partial charge in [0, 0.05) is 31.7 Å². The highest BCUT2D eigenvalue weighted by atomic mass is 16.2. The third-order valence-corrected chi connectivity index (χ3v) is 5.54. The van der Waals surface area contributed by atoms with Crippen LogP contribution in [0.1, 0.15) is 34.3 Å². The monoisotopic (exact) mass is 334 g/mol. The Balaban J connectivity index is 1.36. The molecule has 2 aromatic rings. The minimum atomic E-state index is 0.185. The van der Waals surface area contributed by atoms with E-state index in [-0.39, 0.29) is 5.91 Å². The third kappa shape index (κ3) is 3.77. The maximum absolute atomic E-state index is 12.6. The van der Waals surface area contributed by atoms with Gasteiger partial charge in [0.05, 0.1) is 0 Å². The number of amides is 1. The number of aryl methyl sites for hydroxylation is 1. The van der Waals surface area contributed by atoms with Gasteiger partial charge in [-0.15, -0.1) is 0 Å². The fourth-order valence-electron chi connectivity index (χ4n) is 4.22. The van der Waals surface area contributed by atoms with Crippen LogP contribution in [0.15, 0.2) is 54.6 Å². The molecule has 1 unspecified atom stereocenters. The van der Waals surface area contributed by atoms with Gasteiger partial charge >= 0.3 is 0 Å². The number of likely N-dealkylation sites (tertiary alicyclic amines) is 1. The lowest BCUT2D eigenvalue weighted by Gasteiger charge is -2.24. The van der Waals surface area contributed by atoms with E-state index in [0.29, 0.717) is 5.92 Å². The first kappa shape index (κ1) is 16.3. The molecule has 0 aliphatic carbocycles. The molecule has 1 amide bonds. The summed E-state index contributed by atoms with van der Waals surface area (Å²) < 4.78 is 0. The second-order valence-electron chi connectivity index (χ2n) is 7.38. The average Bonchev–Trinajstić information content (AvgIpc) is 3.01. The molecule has 0 saturated carbocycles. The van der Waals surface area contributed by atoms with Crippen LogP contribution in [-0.2, 0) is 13.0 Å². The minimum absolute atomic E-state index is 0.185. The van der Waals surface area contributed by atoms with Crippen LogP contribution in [-0.4, -0.2) is 41.9 Å². The van der Waals surface area contributed by atoms with Crippen molar-refractivity contribution in [1.29, 1.82) is 0 Å². The normalized spacial score (nSPS) is 21.0. The number of rotatable bonds is 3. The molecular weight excluding hydrogens is 308 g/mol. The van der Waals surface area contributed by atoms with E-state index in [1.165, 1.54) is 24.0 Å². The average molecular weight is 334 g/mol. The molecule has 2 heterocycles. The zero-order valence-electron chi connectivity index (χ0n) is 14.7. The van der Waals surface area contributed by atoms with Gasteiger partial charge in [-0.05, 0) is 55.0 Å². The van der Waals surface area contributed by atoms with E-state index in [9.17, 15) is 4.79 Å². The van der Waals surface area contributed by atoms with Crippen molar-refractivity contribution in [3.05, 3.63) is 71.3 Å². The Morgan fingerprint density at radius 1 is 0.960 bits per heavy atom. The number of carbonyl (C=O) groups excluding carboxylic acids is 1. The fraction of sp³-hybridized carbons (Fsp3) is 0.409. The summed E-state index contributed by atoms with van der Waals surface area (Å²) in [6.45, 7) is 5.11. The second kappa shape index (κ2) is 7.40. The maximum atomic E-state index is 12.6. The molecular formula is C22H26N2O. The Morgan fingerprint density at radius 3 is 2.56 bits per heavy atom. The van der Waals surface area contributed by atoms with Crippen molar-refractivity contribution in [1.82, 2.24) is 9.80 Å². The Bertz CT molecular complexity index is 728. The van der Waals surface area contributed by atoms with Gasteiger partial charge in [0.1, 0.15) is 0 Å². The zero-order valence-corrected chi connectivity index (χ0v) is 14.7. The van der Waals surface area contributed by atoms with Gasteiger partial charge < -0.3 is 4.90 Å². The number of carbonyl (C=O) groups is 1. The van der Waals surface area contributed by atoms with Crippen molar-refractivity contribution < 1.29 is 4.79 Å². The summed E-state index contributed by atoms with van der Waals surface area (Å²) in [7, 11) is 0. The molecule has 4 rings (SSSR count). The van der Waals surface area contributed by atoms with Crippen LogP contribution in [0, 0.1) is 5.92 Å². The first-order valence-electron chi connectivity index (χ1n) is 9.43. The lowest BCUT2D eigenvalue weighted by atomic mass is 10.0. The summed E-state index contributed by atoms with van der Waals surface area (Å²) in [6.07, 6.45) is 3.54. The van der Waals surface area contributed by atoms with Gasteiger partial charge in [0.25, 0.3) is 5.91 Å². The molecule has 1 fully saturated rings. The summed E-state index contributed by atoms with van der Waals surface area (Å²) in [5.74, 6) is 0.780. The van der Waals surface area contributed by atoms with E-state index in [0.717, 1.165) is 44.7 Å². The van der Waals surface area contributed by atoms with E-state index in [2.05, 4.69) is 29.2 Å². The van der Waals surface area contributed by atoms with Gasteiger partial charge in [-0.3, -0.25) is 9.69 Å². The molecule has 25 heavy (non-hydrogen) atoms. The van der Waals surface area contributed by atoms with Gasteiger partial charge in [0.15, 0.2) is 0 Å². The summed E-state index contributed by atoms with van der Waals surface area (Å²) >= 11 is 0. The van der Waals surface area contributed by atoms with Crippen molar-refractivity contribution in [2.45, 2.75) is 25.8 Å². The van der Waals surface area contributed by atoms with Crippen molar-refractivity contribution >= 4 is 5.91 Å². The largest absolute Gasteiger partial charge is 0.338 e. The number of hydrogen-bond acceptors (Lipinski definition) is 2. The Labute approximate surface area is 150 Å². The zero-order chi connectivity index (χ0) is 17.1. The van der Waals surface area contributed by atoms with Crippen LogP contribution >= 0.6 is 0 Å². The highest BCUT2D eigenvalue weighted by Crippen LogP contribution is 2.23. The van der Waals surface area contributed by atoms with Crippen LogP contribution in [0.25, 0.3) is 0 Å². The van der Waals surface area contributed by atoms with E-state index in [1.807, 2.05) is 35.2 Å². The van der Waals surface area contributed by atoms with Crippen LogP contribution in [0.3, 0.4) is 0 Å². The first-order chi connectivity index (χ1) is 12.3. The smallest absolute Gasteiger partial charge is 0.253 e. The minimum Gasteiger partial charge on any atom is -0.338 e. The molecule has 0 radical (unpaired) electrons. The van der Waals surface area contributed by atoms with Crippen molar-refractivity contribution in [2.24, 2.45) is 5.92 Å². The van der Waals surface area contributed by atoms with Crippen molar-refractivity contribution in [3.63, 3.8) is 0 Å². The summed E-state index contributed by atoms with van der Waals surface area (Å²) in [5.41, 5.74) is 3.80. The summed E-state index contributed by atoms with van der Waals surface area (Å²) in [5, 5.41) is 0. The quantitative estimate of drug-likeness (QED) is 0.856. The number of nitrogens with zero attached hydrogens (tertiary/aromatic N) is 2. The van der Waals surface area contributed by atoms with Crippen molar-refractivity contribution in [3.8, 4) is 0 Å². The lowest BCUT2D eigenvalue weighted by molar-refractivity contribution is 0.0783. The van der Waals surface area contributed by atoms with E-state index in [1.54, 1.807) is 0 Å². The Hall–Kier alpha value is -2.13. The van der Waals surface area contributed by atoms with Crippen LogP contribution < -0.4 is 0 Å². The van der Waals surface area contributed by atoms with Crippen molar-refractivity contribution in [2.75, 3.05) is 26.2 Å². The molecule has 0 aromatic heterocycles. The highest BCUT2D eigenvalue weighted by molar-refractivity contribution is 5.94. The maximum Gasteiger partial charge on any atom is 0.253 e.